The van der Waals surface area contributed by atoms with Crippen molar-refractivity contribution in [2.24, 2.45) is 0 Å². The fraction of sp³-hybridized carbons (Fsp3) is 0.500. The van der Waals surface area contributed by atoms with Gasteiger partial charge in [0.2, 0.25) is 0 Å². The van der Waals surface area contributed by atoms with Gasteiger partial charge in [-0.15, -0.1) is 0 Å². The zero-order chi connectivity index (χ0) is 13.0. The summed E-state index contributed by atoms with van der Waals surface area (Å²) >= 11 is 0. The van der Waals surface area contributed by atoms with Gasteiger partial charge in [0, 0.05) is 6.54 Å². The molecule has 2 N–H and O–H groups in total. The molecule has 18 heavy (non-hydrogen) atoms. The molecule has 4 heteroatoms. The molecule has 1 heterocycles. The van der Waals surface area contributed by atoms with E-state index in [1.165, 1.54) is 31.7 Å². The van der Waals surface area contributed by atoms with Gasteiger partial charge in [0.25, 0.3) is 0 Å². The van der Waals surface area contributed by atoms with Crippen molar-refractivity contribution < 1.29 is 15.0 Å². The fourth-order valence-electron chi connectivity index (χ4n) is 2.44. The Morgan fingerprint density at radius 2 is 1.83 bits per heavy atom. The van der Waals surface area contributed by atoms with E-state index in [-0.39, 0.29) is 11.3 Å². The second kappa shape index (κ2) is 5.87. The van der Waals surface area contributed by atoms with Crippen molar-refractivity contribution in [1.29, 1.82) is 0 Å². The van der Waals surface area contributed by atoms with Crippen LogP contribution < -0.4 is 0 Å². The molecule has 1 aromatic carbocycles. The molecular weight excluding hydrogens is 230 g/mol. The standard InChI is InChI=1S/C14H19NO3/c16-12-6-5-11(13(9-12)14(17)18)10-15-7-3-1-2-4-8-15/h5-6,9,16H,1-4,7-8,10H2,(H,17,18). The summed E-state index contributed by atoms with van der Waals surface area (Å²) in [5.74, 6) is -0.970. The van der Waals surface area contributed by atoms with Crippen molar-refractivity contribution >= 4 is 5.97 Å². The normalized spacial score (nSPS) is 17.3. The number of rotatable bonds is 3. The van der Waals surface area contributed by atoms with E-state index in [9.17, 15) is 9.90 Å². The average molecular weight is 249 g/mol. The Morgan fingerprint density at radius 3 is 2.44 bits per heavy atom. The number of carbonyl (C=O) groups is 1. The van der Waals surface area contributed by atoms with Crippen LogP contribution in [0.5, 0.6) is 5.75 Å². The van der Waals surface area contributed by atoms with E-state index < -0.39 is 5.97 Å². The van der Waals surface area contributed by atoms with Crippen LogP contribution in [0.25, 0.3) is 0 Å². The topological polar surface area (TPSA) is 60.8 Å². The summed E-state index contributed by atoms with van der Waals surface area (Å²) in [5.41, 5.74) is 0.987. The monoisotopic (exact) mass is 249 g/mol. The lowest BCUT2D eigenvalue weighted by Crippen LogP contribution is -2.25. The maximum absolute atomic E-state index is 11.2. The highest BCUT2D eigenvalue weighted by atomic mass is 16.4. The number of phenols is 1. The first-order valence-corrected chi connectivity index (χ1v) is 6.44. The Morgan fingerprint density at radius 1 is 1.17 bits per heavy atom. The lowest BCUT2D eigenvalue weighted by atomic mass is 10.1. The zero-order valence-electron chi connectivity index (χ0n) is 10.4. The maximum atomic E-state index is 11.2. The quantitative estimate of drug-likeness (QED) is 0.864. The Bertz CT molecular complexity index is 423. The van der Waals surface area contributed by atoms with Crippen LogP contribution in [0, 0.1) is 0 Å². The molecule has 0 aliphatic carbocycles. The predicted molar refractivity (Wildman–Crippen MR) is 68.8 cm³/mol. The smallest absolute Gasteiger partial charge is 0.336 e. The summed E-state index contributed by atoms with van der Waals surface area (Å²) in [7, 11) is 0. The molecule has 2 rings (SSSR count). The van der Waals surface area contributed by atoms with Crippen LogP contribution in [0.1, 0.15) is 41.6 Å². The second-order valence-electron chi connectivity index (χ2n) is 4.84. The van der Waals surface area contributed by atoms with Crippen molar-refractivity contribution in [1.82, 2.24) is 4.90 Å². The highest BCUT2D eigenvalue weighted by molar-refractivity contribution is 5.89. The first-order valence-electron chi connectivity index (χ1n) is 6.44. The van der Waals surface area contributed by atoms with Crippen molar-refractivity contribution in [2.75, 3.05) is 13.1 Å². The zero-order valence-corrected chi connectivity index (χ0v) is 10.4. The SMILES string of the molecule is O=C(O)c1cc(O)ccc1CN1CCCCCC1. The molecule has 0 amide bonds. The van der Waals surface area contributed by atoms with E-state index in [4.69, 9.17) is 5.11 Å². The molecule has 0 bridgehead atoms. The van der Waals surface area contributed by atoms with Crippen LogP contribution in [-0.2, 0) is 6.54 Å². The minimum Gasteiger partial charge on any atom is -0.508 e. The van der Waals surface area contributed by atoms with E-state index in [1.807, 2.05) is 0 Å². The third-order valence-electron chi connectivity index (χ3n) is 3.42. The first kappa shape index (κ1) is 12.9. The van der Waals surface area contributed by atoms with E-state index in [1.54, 1.807) is 12.1 Å². The molecule has 4 nitrogen and oxygen atoms in total. The highest BCUT2D eigenvalue weighted by Crippen LogP contribution is 2.20. The lowest BCUT2D eigenvalue weighted by molar-refractivity contribution is 0.0694. The molecule has 1 saturated heterocycles. The van der Waals surface area contributed by atoms with Gasteiger partial charge in [0.1, 0.15) is 5.75 Å². The van der Waals surface area contributed by atoms with Crippen LogP contribution in [0.15, 0.2) is 18.2 Å². The minimum atomic E-state index is -0.976. The number of aromatic carboxylic acids is 1. The Labute approximate surface area is 107 Å². The molecule has 0 unspecified atom stereocenters. The largest absolute Gasteiger partial charge is 0.508 e. The number of nitrogens with zero attached hydrogens (tertiary/aromatic N) is 1. The van der Waals surface area contributed by atoms with Gasteiger partial charge < -0.3 is 10.2 Å². The Kier molecular flexibility index (Phi) is 4.20. The van der Waals surface area contributed by atoms with Crippen molar-refractivity contribution in [3.8, 4) is 5.75 Å². The summed E-state index contributed by atoms with van der Waals surface area (Å²) in [5, 5.41) is 18.5. The molecule has 98 valence electrons. The van der Waals surface area contributed by atoms with Crippen LogP contribution >= 0.6 is 0 Å². The Hall–Kier alpha value is -1.55. The van der Waals surface area contributed by atoms with Crippen LogP contribution in [0.2, 0.25) is 0 Å². The second-order valence-corrected chi connectivity index (χ2v) is 4.84. The van der Waals surface area contributed by atoms with Gasteiger partial charge in [-0.1, -0.05) is 18.9 Å². The van der Waals surface area contributed by atoms with Gasteiger partial charge >= 0.3 is 5.97 Å². The number of carboxylic acids is 1. The molecule has 0 atom stereocenters. The first-order chi connectivity index (χ1) is 8.66. The van der Waals surface area contributed by atoms with Crippen LogP contribution in [0.3, 0.4) is 0 Å². The molecule has 0 saturated carbocycles. The van der Waals surface area contributed by atoms with Crippen molar-refractivity contribution in [3.05, 3.63) is 29.3 Å². The minimum absolute atomic E-state index is 0.00650. The molecule has 0 radical (unpaired) electrons. The number of hydrogen-bond donors (Lipinski definition) is 2. The average Bonchev–Trinajstić information content (AvgIpc) is 2.60. The van der Waals surface area contributed by atoms with Crippen LogP contribution in [0.4, 0.5) is 0 Å². The van der Waals surface area contributed by atoms with E-state index in [0.717, 1.165) is 18.7 Å². The van der Waals surface area contributed by atoms with Gasteiger partial charge in [-0.05, 0) is 43.6 Å². The summed E-state index contributed by atoms with van der Waals surface area (Å²) < 4.78 is 0. The summed E-state index contributed by atoms with van der Waals surface area (Å²) in [4.78, 5) is 13.5. The fourth-order valence-corrected chi connectivity index (χ4v) is 2.44. The number of phenolic OH excluding ortho intramolecular Hbond substituents is 1. The Balaban J connectivity index is 2.14. The summed E-state index contributed by atoms with van der Waals surface area (Å²) in [6.07, 6.45) is 4.89. The third-order valence-corrected chi connectivity index (χ3v) is 3.42. The number of benzene rings is 1. The van der Waals surface area contributed by atoms with Crippen molar-refractivity contribution in [3.63, 3.8) is 0 Å². The van der Waals surface area contributed by atoms with Gasteiger partial charge in [0.15, 0.2) is 0 Å². The predicted octanol–water partition coefficient (Wildman–Crippen LogP) is 2.47. The maximum Gasteiger partial charge on any atom is 0.336 e. The summed E-state index contributed by atoms with van der Waals surface area (Å²) in [6, 6.07) is 4.60. The van der Waals surface area contributed by atoms with Gasteiger partial charge in [-0.3, -0.25) is 4.90 Å². The number of likely N-dealkylation sites (tertiary alicyclic amines) is 1. The number of hydrogen-bond acceptors (Lipinski definition) is 3. The third kappa shape index (κ3) is 3.23. The van der Waals surface area contributed by atoms with Gasteiger partial charge in [-0.2, -0.15) is 0 Å². The highest BCUT2D eigenvalue weighted by Gasteiger charge is 2.15. The van der Waals surface area contributed by atoms with E-state index in [0.29, 0.717) is 6.54 Å². The molecule has 1 aliphatic heterocycles. The van der Waals surface area contributed by atoms with Gasteiger partial charge in [0.05, 0.1) is 5.56 Å². The lowest BCUT2D eigenvalue weighted by Gasteiger charge is -2.20. The summed E-state index contributed by atoms with van der Waals surface area (Å²) in [6.45, 7) is 2.71. The van der Waals surface area contributed by atoms with E-state index >= 15 is 0 Å². The van der Waals surface area contributed by atoms with E-state index in [2.05, 4.69) is 4.90 Å². The molecule has 1 fully saturated rings. The van der Waals surface area contributed by atoms with Gasteiger partial charge in [-0.25, -0.2) is 4.79 Å². The molecule has 0 aromatic heterocycles. The number of aromatic hydroxyl groups is 1. The molecule has 0 spiro atoms. The van der Waals surface area contributed by atoms with Crippen LogP contribution in [-0.4, -0.2) is 34.2 Å². The molecule has 1 aromatic rings. The molecular formula is C14H19NO3. The van der Waals surface area contributed by atoms with Crippen molar-refractivity contribution in [2.45, 2.75) is 32.2 Å². The number of carboxylic acid groups (broad SMARTS) is 1. The molecule has 1 aliphatic rings.